The smallest absolute Gasteiger partial charge is 0.259 e. The van der Waals surface area contributed by atoms with Crippen LogP contribution in [-0.4, -0.2) is 58.6 Å². The molecule has 0 saturated carbocycles. The number of fused-ring (bicyclic) bond motifs is 2. The summed E-state index contributed by atoms with van der Waals surface area (Å²) in [4.78, 5) is 38.9. The number of ether oxygens (including phenoxy) is 2. The molecule has 0 unspecified atom stereocenters. The number of aromatic nitrogens is 2. The predicted octanol–water partition coefficient (Wildman–Crippen LogP) is 2.29. The van der Waals surface area contributed by atoms with Crippen LogP contribution in [0, 0.1) is 13.8 Å². The number of rotatable bonds is 3. The van der Waals surface area contributed by atoms with Gasteiger partial charge in [0.25, 0.3) is 11.5 Å². The van der Waals surface area contributed by atoms with Gasteiger partial charge in [0.1, 0.15) is 10.7 Å². The molecule has 0 bridgehead atoms. The van der Waals surface area contributed by atoms with Crippen molar-refractivity contribution >= 4 is 27.5 Å². The van der Waals surface area contributed by atoms with Crippen molar-refractivity contribution in [3.63, 3.8) is 0 Å². The third-order valence-corrected chi connectivity index (χ3v) is 6.84. The number of thiophene rings is 1. The van der Waals surface area contributed by atoms with E-state index in [1.54, 1.807) is 29.5 Å². The Labute approximate surface area is 177 Å². The molecule has 0 radical (unpaired) electrons. The summed E-state index contributed by atoms with van der Waals surface area (Å²) in [5, 5.41) is 0.695. The number of carbonyl (C=O) groups excluding carboxylic acids is 1. The summed E-state index contributed by atoms with van der Waals surface area (Å²) in [6.07, 6.45) is 0. The second-order valence-corrected chi connectivity index (χ2v) is 8.82. The maximum absolute atomic E-state index is 12.8. The van der Waals surface area contributed by atoms with E-state index in [2.05, 4.69) is 14.9 Å². The minimum absolute atomic E-state index is 0.00885. The predicted molar refractivity (Wildman–Crippen MR) is 113 cm³/mol. The van der Waals surface area contributed by atoms with E-state index in [0.717, 1.165) is 28.4 Å². The van der Waals surface area contributed by atoms with Gasteiger partial charge in [-0.25, -0.2) is 4.98 Å². The lowest BCUT2D eigenvalue weighted by atomic mass is 10.1. The molecule has 156 valence electrons. The van der Waals surface area contributed by atoms with Crippen molar-refractivity contribution in [1.82, 2.24) is 19.8 Å². The fourth-order valence-corrected chi connectivity index (χ4v) is 4.96. The lowest BCUT2D eigenvalue weighted by Gasteiger charge is -2.34. The molecule has 0 atom stereocenters. The zero-order chi connectivity index (χ0) is 20.8. The van der Waals surface area contributed by atoms with Gasteiger partial charge in [-0.1, -0.05) is 0 Å². The second kappa shape index (κ2) is 7.41. The van der Waals surface area contributed by atoms with Gasteiger partial charge < -0.3 is 19.4 Å². The molecule has 1 aromatic carbocycles. The number of hydrogen-bond donors (Lipinski definition) is 1. The Morgan fingerprint density at radius 2 is 1.93 bits per heavy atom. The van der Waals surface area contributed by atoms with Crippen LogP contribution >= 0.6 is 11.3 Å². The van der Waals surface area contributed by atoms with Crippen LogP contribution in [0.3, 0.4) is 0 Å². The summed E-state index contributed by atoms with van der Waals surface area (Å²) in [5.41, 5.74) is 1.53. The van der Waals surface area contributed by atoms with Gasteiger partial charge in [-0.05, 0) is 37.6 Å². The fourth-order valence-electron chi connectivity index (χ4n) is 3.91. The van der Waals surface area contributed by atoms with E-state index in [9.17, 15) is 9.59 Å². The van der Waals surface area contributed by atoms with E-state index in [1.165, 1.54) is 0 Å². The molecule has 9 heteroatoms. The van der Waals surface area contributed by atoms with E-state index < -0.39 is 0 Å². The van der Waals surface area contributed by atoms with Crippen LogP contribution in [-0.2, 0) is 6.54 Å². The molecule has 4 heterocycles. The minimum atomic E-state index is -0.0755. The number of nitrogens with one attached hydrogen (secondary N) is 1. The molecule has 1 amide bonds. The zero-order valence-electron chi connectivity index (χ0n) is 16.9. The normalized spacial score (nSPS) is 16.4. The number of hydrogen-bond acceptors (Lipinski definition) is 7. The molecular formula is C21H22N4O4S. The molecule has 0 spiro atoms. The van der Waals surface area contributed by atoms with Gasteiger partial charge in [-0.3, -0.25) is 14.5 Å². The van der Waals surface area contributed by atoms with Crippen molar-refractivity contribution in [2.24, 2.45) is 0 Å². The summed E-state index contributed by atoms with van der Waals surface area (Å²) in [7, 11) is 0. The first-order chi connectivity index (χ1) is 14.5. The molecule has 1 N–H and O–H groups in total. The SMILES string of the molecule is Cc1sc2nc(CN3CCN(C(=O)c4ccc5c(c4)OCO5)CC3)[nH]c(=O)c2c1C. The highest BCUT2D eigenvalue weighted by molar-refractivity contribution is 7.18. The molecule has 3 aromatic rings. The lowest BCUT2D eigenvalue weighted by molar-refractivity contribution is 0.0625. The second-order valence-electron chi connectivity index (χ2n) is 7.61. The Morgan fingerprint density at radius 1 is 1.17 bits per heavy atom. The molecule has 1 saturated heterocycles. The van der Waals surface area contributed by atoms with Gasteiger partial charge in [0.05, 0.1) is 11.9 Å². The van der Waals surface area contributed by atoms with Crippen molar-refractivity contribution in [2.45, 2.75) is 20.4 Å². The highest BCUT2D eigenvalue weighted by Gasteiger charge is 2.25. The van der Waals surface area contributed by atoms with Crippen LogP contribution in [0.2, 0.25) is 0 Å². The van der Waals surface area contributed by atoms with Crippen LogP contribution in [0.5, 0.6) is 11.5 Å². The highest BCUT2D eigenvalue weighted by Crippen LogP contribution is 2.33. The van der Waals surface area contributed by atoms with E-state index in [1.807, 2.05) is 18.7 Å². The van der Waals surface area contributed by atoms with E-state index in [-0.39, 0.29) is 18.3 Å². The lowest BCUT2D eigenvalue weighted by Crippen LogP contribution is -2.48. The average molecular weight is 426 g/mol. The first-order valence-electron chi connectivity index (χ1n) is 9.90. The summed E-state index contributed by atoms with van der Waals surface area (Å²) in [5.74, 6) is 1.95. The van der Waals surface area contributed by atoms with Crippen LogP contribution in [0.1, 0.15) is 26.6 Å². The molecule has 2 aromatic heterocycles. The standard InChI is InChI=1S/C21H22N4O4S/c1-12-13(2)30-20-18(12)19(26)22-17(23-20)10-24-5-7-25(8-6-24)21(27)14-3-4-15-16(9-14)29-11-28-15/h3-4,9H,5-8,10-11H2,1-2H3,(H,22,23,26). The third kappa shape index (κ3) is 3.33. The Kier molecular flexibility index (Phi) is 4.71. The molecule has 2 aliphatic rings. The van der Waals surface area contributed by atoms with Crippen molar-refractivity contribution < 1.29 is 14.3 Å². The molecule has 5 rings (SSSR count). The van der Waals surface area contributed by atoms with Crippen LogP contribution in [0.15, 0.2) is 23.0 Å². The zero-order valence-corrected chi connectivity index (χ0v) is 17.7. The molecule has 8 nitrogen and oxygen atoms in total. The van der Waals surface area contributed by atoms with Gasteiger partial charge in [-0.15, -0.1) is 11.3 Å². The molecule has 0 aliphatic carbocycles. The Morgan fingerprint density at radius 3 is 2.73 bits per heavy atom. The summed E-state index contributed by atoms with van der Waals surface area (Å²) in [6.45, 7) is 7.42. The summed E-state index contributed by atoms with van der Waals surface area (Å²) < 4.78 is 10.7. The monoisotopic (exact) mass is 426 g/mol. The third-order valence-electron chi connectivity index (χ3n) is 5.74. The topological polar surface area (TPSA) is 87.8 Å². The van der Waals surface area contributed by atoms with Crippen molar-refractivity contribution in [1.29, 1.82) is 0 Å². The number of amides is 1. The van der Waals surface area contributed by atoms with Crippen LogP contribution in [0.25, 0.3) is 10.2 Å². The average Bonchev–Trinajstić information content (AvgIpc) is 3.32. The van der Waals surface area contributed by atoms with Crippen molar-refractivity contribution in [2.75, 3.05) is 33.0 Å². The van der Waals surface area contributed by atoms with Crippen molar-refractivity contribution in [3.05, 3.63) is 50.4 Å². The Hall–Kier alpha value is -2.91. The van der Waals surface area contributed by atoms with Crippen LogP contribution in [0.4, 0.5) is 0 Å². The van der Waals surface area contributed by atoms with E-state index in [4.69, 9.17) is 9.47 Å². The number of benzene rings is 1. The molecule has 2 aliphatic heterocycles. The fraction of sp³-hybridized carbons (Fsp3) is 0.381. The largest absolute Gasteiger partial charge is 0.454 e. The molecule has 1 fully saturated rings. The number of nitrogens with zero attached hydrogens (tertiary/aromatic N) is 3. The van der Waals surface area contributed by atoms with Gasteiger partial charge in [-0.2, -0.15) is 0 Å². The molecular weight excluding hydrogens is 404 g/mol. The Balaban J connectivity index is 1.24. The summed E-state index contributed by atoms with van der Waals surface area (Å²) in [6, 6.07) is 5.29. The number of H-pyrrole nitrogens is 1. The minimum Gasteiger partial charge on any atom is -0.454 e. The Bertz CT molecular complexity index is 1190. The van der Waals surface area contributed by atoms with E-state index in [0.29, 0.717) is 47.9 Å². The highest BCUT2D eigenvalue weighted by atomic mass is 32.1. The number of aryl methyl sites for hydroxylation is 2. The van der Waals surface area contributed by atoms with Crippen molar-refractivity contribution in [3.8, 4) is 11.5 Å². The van der Waals surface area contributed by atoms with Gasteiger partial charge in [0, 0.05) is 36.6 Å². The maximum Gasteiger partial charge on any atom is 0.259 e. The maximum atomic E-state index is 12.8. The number of carbonyl (C=O) groups is 1. The van der Waals surface area contributed by atoms with Gasteiger partial charge >= 0.3 is 0 Å². The summed E-state index contributed by atoms with van der Waals surface area (Å²) >= 11 is 1.56. The molecule has 30 heavy (non-hydrogen) atoms. The quantitative estimate of drug-likeness (QED) is 0.692. The van der Waals surface area contributed by atoms with Gasteiger partial charge in [0.15, 0.2) is 11.5 Å². The van der Waals surface area contributed by atoms with Gasteiger partial charge in [0.2, 0.25) is 6.79 Å². The van der Waals surface area contributed by atoms with Crippen LogP contribution < -0.4 is 15.0 Å². The first kappa shape index (κ1) is 19.1. The number of aromatic amines is 1. The first-order valence-corrected chi connectivity index (χ1v) is 10.7. The number of piperazine rings is 1. The van der Waals surface area contributed by atoms with E-state index >= 15 is 0 Å².